The van der Waals surface area contributed by atoms with Crippen molar-refractivity contribution in [3.05, 3.63) is 12.2 Å². The summed E-state index contributed by atoms with van der Waals surface area (Å²) in [5.74, 6) is 0.669. The second-order valence-corrected chi connectivity index (χ2v) is 4.23. The van der Waals surface area contributed by atoms with E-state index in [1.807, 2.05) is 0 Å². The van der Waals surface area contributed by atoms with Crippen LogP contribution in [0.4, 0.5) is 0 Å². The number of hydrogen-bond donors (Lipinski definition) is 2. The van der Waals surface area contributed by atoms with E-state index in [4.69, 9.17) is 4.74 Å². The monoisotopic (exact) mass is 254 g/mol. The molecular formula is C11H18N4O3. The third-order valence-corrected chi connectivity index (χ3v) is 2.80. The summed E-state index contributed by atoms with van der Waals surface area (Å²) in [4.78, 5) is 15.5. The maximum Gasteiger partial charge on any atom is 0.234 e. The first-order valence-electron chi connectivity index (χ1n) is 6.17. The Morgan fingerprint density at radius 2 is 2.28 bits per heavy atom. The van der Waals surface area contributed by atoms with Gasteiger partial charge in [-0.05, 0) is 12.8 Å². The van der Waals surface area contributed by atoms with E-state index < -0.39 is 0 Å². The van der Waals surface area contributed by atoms with Gasteiger partial charge in [0.2, 0.25) is 12.3 Å². The number of nitrogens with one attached hydrogen (secondary N) is 2. The average molecular weight is 254 g/mol. The van der Waals surface area contributed by atoms with Crippen LogP contribution in [0.25, 0.3) is 0 Å². The predicted molar refractivity (Wildman–Crippen MR) is 62.9 cm³/mol. The lowest BCUT2D eigenvalue weighted by Gasteiger charge is -2.23. The van der Waals surface area contributed by atoms with E-state index in [1.165, 1.54) is 6.39 Å². The summed E-state index contributed by atoms with van der Waals surface area (Å²) in [5.41, 5.74) is 0. The average Bonchev–Trinajstić information content (AvgIpc) is 2.89. The standard InChI is InChI=1S/C11H18N4O3/c16-11(14-9-2-5-17-6-3-9)7-12-4-1-10-13-8-18-15-10/h8-9,12H,1-7H2,(H,14,16). The lowest BCUT2D eigenvalue weighted by atomic mass is 10.1. The highest BCUT2D eigenvalue weighted by atomic mass is 16.5. The fraction of sp³-hybridized carbons (Fsp3) is 0.727. The fourth-order valence-electron chi connectivity index (χ4n) is 1.83. The van der Waals surface area contributed by atoms with Crippen LogP contribution in [0.3, 0.4) is 0 Å². The summed E-state index contributed by atoms with van der Waals surface area (Å²) >= 11 is 0. The molecule has 2 rings (SSSR count). The van der Waals surface area contributed by atoms with Crippen molar-refractivity contribution in [3.8, 4) is 0 Å². The minimum absolute atomic E-state index is 0.0232. The van der Waals surface area contributed by atoms with E-state index in [2.05, 4.69) is 25.3 Å². The molecule has 1 aromatic rings. The third-order valence-electron chi connectivity index (χ3n) is 2.80. The van der Waals surface area contributed by atoms with Gasteiger partial charge < -0.3 is 19.9 Å². The van der Waals surface area contributed by atoms with Crippen LogP contribution in [0.2, 0.25) is 0 Å². The Morgan fingerprint density at radius 1 is 1.44 bits per heavy atom. The van der Waals surface area contributed by atoms with Crippen LogP contribution in [0, 0.1) is 0 Å². The summed E-state index contributed by atoms with van der Waals surface area (Å²) in [5, 5.41) is 9.72. The predicted octanol–water partition coefficient (Wildman–Crippen LogP) is -0.503. The molecule has 0 aliphatic carbocycles. The lowest BCUT2D eigenvalue weighted by Crippen LogP contribution is -2.43. The summed E-state index contributed by atoms with van der Waals surface area (Å²) in [6, 6.07) is 0.255. The molecule has 1 aliphatic heterocycles. The van der Waals surface area contributed by atoms with Crippen LogP contribution in [0.15, 0.2) is 10.9 Å². The van der Waals surface area contributed by atoms with Gasteiger partial charge >= 0.3 is 0 Å². The van der Waals surface area contributed by atoms with Crippen LogP contribution >= 0.6 is 0 Å². The Balaban J connectivity index is 1.54. The van der Waals surface area contributed by atoms with Crippen LogP contribution in [0.5, 0.6) is 0 Å². The van der Waals surface area contributed by atoms with Crippen molar-refractivity contribution in [2.45, 2.75) is 25.3 Å². The van der Waals surface area contributed by atoms with E-state index in [9.17, 15) is 4.79 Å². The van der Waals surface area contributed by atoms with Gasteiger partial charge in [0, 0.05) is 32.2 Å². The molecule has 0 radical (unpaired) electrons. The minimum atomic E-state index is 0.0232. The highest BCUT2D eigenvalue weighted by Crippen LogP contribution is 2.05. The Labute approximate surface area is 105 Å². The number of carbonyl (C=O) groups excluding carboxylic acids is 1. The molecule has 100 valence electrons. The SMILES string of the molecule is O=C(CNCCc1ncon1)NC1CCOCC1. The second-order valence-electron chi connectivity index (χ2n) is 4.23. The molecule has 1 aromatic heterocycles. The topological polar surface area (TPSA) is 89.3 Å². The molecule has 1 aliphatic rings. The smallest absolute Gasteiger partial charge is 0.234 e. The molecule has 1 saturated heterocycles. The van der Waals surface area contributed by atoms with Crippen molar-refractivity contribution in [3.63, 3.8) is 0 Å². The quantitative estimate of drug-likeness (QED) is 0.665. The van der Waals surface area contributed by atoms with E-state index in [1.54, 1.807) is 0 Å². The molecule has 2 heterocycles. The molecule has 7 nitrogen and oxygen atoms in total. The van der Waals surface area contributed by atoms with Crippen molar-refractivity contribution in [2.75, 3.05) is 26.3 Å². The van der Waals surface area contributed by atoms with Gasteiger partial charge in [-0.1, -0.05) is 5.16 Å². The molecular weight excluding hydrogens is 236 g/mol. The number of aromatic nitrogens is 2. The van der Waals surface area contributed by atoms with Gasteiger partial charge in [0.05, 0.1) is 6.54 Å². The largest absolute Gasteiger partial charge is 0.381 e. The van der Waals surface area contributed by atoms with Gasteiger partial charge in [-0.2, -0.15) is 4.98 Å². The van der Waals surface area contributed by atoms with Gasteiger partial charge in [-0.25, -0.2) is 0 Å². The Kier molecular flexibility index (Phi) is 5.10. The summed E-state index contributed by atoms with van der Waals surface area (Å²) in [6.07, 6.45) is 3.75. The van der Waals surface area contributed by atoms with Crippen molar-refractivity contribution in [1.82, 2.24) is 20.8 Å². The van der Waals surface area contributed by atoms with E-state index in [0.717, 1.165) is 26.1 Å². The zero-order valence-corrected chi connectivity index (χ0v) is 10.2. The van der Waals surface area contributed by atoms with Crippen LogP contribution in [-0.4, -0.2) is 48.4 Å². The van der Waals surface area contributed by atoms with Gasteiger partial charge in [0.15, 0.2) is 5.82 Å². The minimum Gasteiger partial charge on any atom is -0.381 e. The summed E-state index contributed by atoms with van der Waals surface area (Å²) < 4.78 is 9.84. The molecule has 1 fully saturated rings. The van der Waals surface area contributed by atoms with Crippen LogP contribution < -0.4 is 10.6 Å². The second kappa shape index (κ2) is 7.07. The van der Waals surface area contributed by atoms with Crippen molar-refractivity contribution >= 4 is 5.91 Å². The highest BCUT2D eigenvalue weighted by Gasteiger charge is 2.15. The fourth-order valence-corrected chi connectivity index (χ4v) is 1.83. The zero-order chi connectivity index (χ0) is 12.6. The first-order valence-corrected chi connectivity index (χ1v) is 6.17. The van der Waals surface area contributed by atoms with Crippen molar-refractivity contribution in [1.29, 1.82) is 0 Å². The summed E-state index contributed by atoms with van der Waals surface area (Å²) in [7, 11) is 0. The van der Waals surface area contributed by atoms with Gasteiger partial charge in [-0.3, -0.25) is 4.79 Å². The van der Waals surface area contributed by atoms with E-state index >= 15 is 0 Å². The third kappa shape index (κ3) is 4.42. The van der Waals surface area contributed by atoms with Crippen molar-refractivity contribution < 1.29 is 14.1 Å². The molecule has 0 unspecified atom stereocenters. The van der Waals surface area contributed by atoms with E-state index in [0.29, 0.717) is 25.3 Å². The Hall–Kier alpha value is -1.47. The van der Waals surface area contributed by atoms with Gasteiger partial charge in [0.1, 0.15) is 0 Å². The molecule has 0 spiro atoms. The number of ether oxygens (including phenoxy) is 1. The molecule has 7 heteroatoms. The molecule has 0 aromatic carbocycles. The van der Waals surface area contributed by atoms with Gasteiger partial charge in [-0.15, -0.1) is 0 Å². The van der Waals surface area contributed by atoms with Crippen molar-refractivity contribution in [2.24, 2.45) is 0 Å². The molecule has 0 atom stereocenters. The Bertz CT molecular complexity index is 349. The highest BCUT2D eigenvalue weighted by molar-refractivity contribution is 5.78. The number of rotatable bonds is 6. The molecule has 18 heavy (non-hydrogen) atoms. The lowest BCUT2D eigenvalue weighted by molar-refractivity contribution is -0.121. The first-order chi connectivity index (χ1) is 8.84. The number of nitrogens with zero attached hydrogens (tertiary/aromatic N) is 2. The number of carbonyl (C=O) groups is 1. The van der Waals surface area contributed by atoms with Crippen LogP contribution in [-0.2, 0) is 16.0 Å². The first kappa shape index (κ1) is 13.0. The number of amides is 1. The van der Waals surface area contributed by atoms with Crippen LogP contribution in [0.1, 0.15) is 18.7 Å². The molecule has 2 N–H and O–H groups in total. The normalized spacial score (nSPS) is 16.7. The molecule has 0 bridgehead atoms. The maximum atomic E-state index is 11.6. The zero-order valence-electron chi connectivity index (χ0n) is 10.2. The maximum absolute atomic E-state index is 11.6. The Morgan fingerprint density at radius 3 is 3.00 bits per heavy atom. The number of hydrogen-bond acceptors (Lipinski definition) is 6. The van der Waals surface area contributed by atoms with E-state index in [-0.39, 0.29) is 11.9 Å². The van der Waals surface area contributed by atoms with Gasteiger partial charge in [0.25, 0.3) is 0 Å². The molecule has 1 amide bonds. The summed E-state index contributed by atoms with van der Waals surface area (Å²) in [6.45, 7) is 2.43. The molecule has 0 saturated carbocycles.